The van der Waals surface area contributed by atoms with Crippen LogP contribution in [0.15, 0.2) is 27.4 Å². The first-order valence-electron chi connectivity index (χ1n) is 9.02. The number of hydrogen-bond donors (Lipinski definition) is 1. The normalized spacial score (nSPS) is 20.6. The van der Waals surface area contributed by atoms with Crippen LogP contribution in [0.25, 0.3) is 11.0 Å². The molecule has 1 aliphatic heterocycles. The lowest BCUT2D eigenvalue weighted by atomic mass is 9.97. The van der Waals surface area contributed by atoms with Gasteiger partial charge in [-0.15, -0.1) is 0 Å². The zero-order valence-electron chi connectivity index (χ0n) is 15.2. The molecule has 0 radical (unpaired) electrons. The third kappa shape index (κ3) is 3.76. The van der Waals surface area contributed by atoms with Crippen molar-refractivity contribution in [1.82, 2.24) is 0 Å². The van der Waals surface area contributed by atoms with Gasteiger partial charge in [0.1, 0.15) is 18.0 Å². The lowest BCUT2D eigenvalue weighted by Crippen LogP contribution is -3.12. The van der Waals surface area contributed by atoms with E-state index in [0.29, 0.717) is 12.2 Å². The Bertz CT molecular complexity index is 839. The Balaban J connectivity index is 1.86. The maximum Gasteiger partial charge on any atom is 0.336 e. The molecule has 0 spiro atoms. The number of nitrogens with one attached hydrogen (secondary N) is 1. The van der Waals surface area contributed by atoms with E-state index >= 15 is 0 Å². The summed E-state index contributed by atoms with van der Waals surface area (Å²) >= 11 is 0. The van der Waals surface area contributed by atoms with E-state index in [-0.39, 0.29) is 17.5 Å². The smallest absolute Gasteiger partial charge is 0.336 e. The summed E-state index contributed by atoms with van der Waals surface area (Å²) in [5.41, 5.74) is 3.49. The second-order valence-electron chi connectivity index (χ2n) is 6.95. The molecule has 0 aliphatic carbocycles. The number of fused-ring (bicyclic) bond motifs is 1. The molecule has 1 aromatic heterocycles. The van der Waals surface area contributed by atoms with Crippen LogP contribution in [0.1, 0.15) is 36.5 Å². The summed E-state index contributed by atoms with van der Waals surface area (Å²) in [5, 5.41) is 0.994. The van der Waals surface area contributed by atoms with Crippen LogP contribution in [0.4, 0.5) is 0 Å². The number of esters is 1. The third-order valence-corrected chi connectivity index (χ3v) is 5.20. The molecule has 0 amide bonds. The molecule has 0 bridgehead atoms. The molecular formula is C20H26NO4+. The van der Waals surface area contributed by atoms with E-state index in [1.165, 1.54) is 4.90 Å². The van der Waals surface area contributed by atoms with Gasteiger partial charge in [0.05, 0.1) is 19.7 Å². The van der Waals surface area contributed by atoms with Crippen LogP contribution in [0.3, 0.4) is 0 Å². The number of carbonyl (C=O) groups is 1. The maximum absolute atomic E-state index is 12.0. The van der Waals surface area contributed by atoms with Gasteiger partial charge in [0, 0.05) is 17.0 Å². The summed E-state index contributed by atoms with van der Waals surface area (Å²) in [6, 6.07) is 5.69. The number of carbonyl (C=O) groups excluding carboxylic acids is 1. The molecule has 1 N–H and O–H groups in total. The summed E-state index contributed by atoms with van der Waals surface area (Å²) < 4.78 is 10.6. The zero-order chi connectivity index (χ0) is 18.0. The number of benzene rings is 1. The van der Waals surface area contributed by atoms with Gasteiger partial charge in [0.15, 0.2) is 0 Å². The van der Waals surface area contributed by atoms with Crippen LogP contribution in [0.2, 0.25) is 0 Å². The van der Waals surface area contributed by atoms with E-state index < -0.39 is 0 Å². The second-order valence-corrected chi connectivity index (χ2v) is 6.95. The van der Waals surface area contributed by atoms with Crippen molar-refractivity contribution in [3.05, 3.63) is 45.3 Å². The largest absolute Gasteiger partial charge is 0.466 e. The van der Waals surface area contributed by atoms with Crippen molar-refractivity contribution in [2.45, 2.75) is 40.2 Å². The monoisotopic (exact) mass is 344 g/mol. The molecule has 1 aromatic carbocycles. The van der Waals surface area contributed by atoms with Gasteiger partial charge in [-0.3, -0.25) is 4.79 Å². The molecule has 1 unspecified atom stereocenters. The zero-order valence-corrected chi connectivity index (χ0v) is 15.2. The molecule has 3 rings (SSSR count). The number of ether oxygens (including phenoxy) is 1. The first kappa shape index (κ1) is 17.7. The number of likely N-dealkylation sites (tertiary alicyclic amines) is 1. The van der Waals surface area contributed by atoms with Gasteiger partial charge in [0.2, 0.25) is 0 Å². The van der Waals surface area contributed by atoms with Crippen molar-refractivity contribution in [2.75, 3.05) is 19.7 Å². The quantitative estimate of drug-likeness (QED) is 0.678. The van der Waals surface area contributed by atoms with E-state index in [0.717, 1.165) is 54.6 Å². The third-order valence-electron chi connectivity index (χ3n) is 5.20. The van der Waals surface area contributed by atoms with Gasteiger partial charge in [-0.2, -0.15) is 0 Å². The molecule has 2 atom stereocenters. The predicted octanol–water partition coefficient (Wildman–Crippen LogP) is 1.77. The minimum Gasteiger partial charge on any atom is -0.466 e. The lowest BCUT2D eigenvalue weighted by Gasteiger charge is -2.28. The average Bonchev–Trinajstić information content (AvgIpc) is 2.59. The van der Waals surface area contributed by atoms with Crippen LogP contribution in [-0.4, -0.2) is 25.7 Å². The van der Waals surface area contributed by atoms with E-state index in [1.807, 2.05) is 26.8 Å². The van der Waals surface area contributed by atoms with Crippen LogP contribution in [0.5, 0.6) is 0 Å². The molecular weight excluding hydrogens is 318 g/mol. The first-order chi connectivity index (χ1) is 12.0. The first-order valence-corrected chi connectivity index (χ1v) is 9.02. The molecule has 1 fully saturated rings. The number of quaternary nitrogens is 1. The highest BCUT2D eigenvalue weighted by Gasteiger charge is 2.30. The Morgan fingerprint density at radius 3 is 2.92 bits per heavy atom. The minimum absolute atomic E-state index is 0.0425. The van der Waals surface area contributed by atoms with Gasteiger partial charge in [-0.1, -0.05) is 12.1 Å². The number of rotatable bonds is 4. The van der Waals surface area contributed by atoms with Crippen molar-refractivity contribution in [3.63, 3.8) is 0 Å². The molecule has 134 valence electrons. The van der Waals surface area contributed by atoms with Gasteiger partial charge in [-0.25, -0.2) is 4.79 Å². The second kappa shape index (κ2) is 7.40. The molecule has 1 saturated heterocycles. The van der Waals surface area contributed by atoms with E-state index in [2.05, 4.69) is 6.07 Å². The molecule has 5 nitrogen and oxygen atoms in total. The molecule has 0 saturated carbocycles. The van der Waals surface area contributed by atoms with Crippen LogP contribution < -0.4 is 10.5 Å². The number of hydrogen-bond acceptors (Lipinski definition) is 4. The topological polar surface area (TPSA) is 61.0 Å². The van der Waals surface area contributed by atoms with Crippen molar-refractivity contribution >= 4 is 16.9 Å². The Morgan fingerprint density at radius 2 is 2.16 bits per heavy atom. The van der Waals surface area contributed by atoms with Crippen molar-refractivity contribution in [3.8, 4) is 0 Å². The fourth-order valence-electron chi connectivity index (χ4n) is 3.71. The fourth-order valence-corrected chi connectivity index (χ4v) is 3.71. The SMILES string of the molecule is CCOC(=O)[C@H]1CCC[NH+](Cc2cc(=O)oc3c(C)c(C)ccc23)C1. The summed E-state index contributed by atoms with van der Waals surface area (Å²) in [6.07, 6.45) is 1.88. The Labute approximate surface area is 147 Å². The molecule has 1 aliphatic rings. The Kier molecular flexibility index (Phi) is 5.23. The highest BCUT2D eigenvalue weighted by atomic mass is 16.5. The summed E-state index contributed by atoms with van der Waals surface area (Å²) in [7, 11) is 0. The highest BCUT2D eigenvalue weighted by molar-refractivity contribution is 5.83. The van der Waals surface area contributed by atoms with Gasteiger partial charge >= 0.3 is 11.6 Å². The maximum atomic E-state index is 12.0. The van der Waals surface area contributed by atoms with E-state index in [4.69, 9.17) is 9.15 Å². The molecule has 2 aromatic rings. The predicted molar refractivity (Wildman–Crippen MR) is 95.7 cm³/mol. The Hall–Kier alpha value is -2.14. The van der Waals surface area contributed by atoms with Crippen molar-refractivity contribution in [2.24, 2.45) is 5.92 Å². The average molecular weight is 344 g/mol. The highest BCUT2D eigenvalue weighted by Crippen LogP contribution is 2.23. The number of aryl methyl sites for hydroxylation is 2. The van der Waals surface area contributed by atoms with Gasteiger partial charge < -0.3 is 14.1 Å². The molecule has 25 heavy (non-hydrogen) atoms. The van der Waals surface area contributed by atoms with Gasteiger partial charge in [0.25, 0.3) is 0 Å². The van der Waals surface area contributed by atoms with Crippen LogP contribution >= 0.6 is 0 Å². The lowest BCUT2D eigenvalue weighted by molar-refractivity contribution is -0.921. The minimum atomic E-state index is -0.311. The Morgan fingerprint density at radius 1 is 1.36 bits per heavy atom. The van der Waals surface area contributed by atoms with Gasteiger partial charge in [-0.05, 0) is 44.7 Å². The molecule has 2 heterocycles. The fraction of sp³-hybridized carbons (Fsp3) is 0.500. The van der Waals surface area contributed by atoms with Crippen molar-refractivity contribution < 1.29 is 18.8 Å². The summed E-state index contributed by atoms with van der Waals surface area (Å²) in [4.78, 5) is 25.4. The summed E-state index contributed by atoms with van der Waals surface area (Å²) in [6.45, 7) is 8.74. The van der Waals surface area contributed by atoms with E-state index in [1.54, 1.807) is 6.07 Å². The number of piperidine rings is 1. The van der Waals surface area contributed by atoms with Crippen LogP contribution in [0, 0.1) is 19.8 Å². The van der Waals surface area contributed by atoms with Crippen molar-refractivity contribution in [1.29, 1.82) is 0 Å². The van der Waals surface area contributed by atoms with Crippen LogP contribution in [-0.2, 0) is 16.1 Å². The van der Waals surface area contributed by atoms with E-state index in [9.17, 15) is 9.59 Å². The molecule has 5 heteroatoms. The summed E-state index contributed by atoms with van der Waals surface area (Å²) in [5.74, 6) is -0.136. The standard InChI is InChI=1S/C20H25NO4/c1-4-24-20(23)15-6-5-9-21(11-15)12-16-10-18(22)25-19-14(3)13(2)7-8-17(16)19/h7-8,10,15H,4-6,9,11-12H2,1-3H3/p+1/t15-/m0/s1.